The van der Waals surface area contributed by atoms with Crippen LogP contribution in [-0.2, 0) is 20.1 Å². The average Bonchev–Trinajstić information content (AvgIpc) is 2.70. The average molecular weight is 455 g/mol. The summed E-state index contributed by atoms with van der Waals surface area (Å²) < 4.78 is 51.1. The van der Waals surface area contributed by atoms with E-state index in [-0.39, 0.29) is 42.8 Å². The predicted molar refractivity (Wildman–Crippen MR) is 108 cm³/mol. The second-order valence-corrected chi connectivity index (χ2v) is 9.01. The van der Waals surface area contributed by atoms with Crippen molar-refractivity contribution in [3.05, 3.63) is 28.8 Å². The molecule has 8 nitrogen and oxygen atoms in total. The van der Waals surface area contributed by atoms with E-state index in [1.165, 1.54) is 4.90 Å². The number of esters is 2. The topological polar surface area (TPSA) is 91.4 Å². The number of amides is 1. The molecule has 10 heteroatoms. The van der Waals surface area contributed by atoms with Crippen molar-refractivity contribution in [1.82, 2.24) is 4.90 Å². The highest BCUT2D eigenvalue weighted by molar-refractivity contribution is 6.03. The fraction of sp³-hybridized carbons (Fsp3) is 0.591. The molecule has 32 heavy (non-hydrogen) atoms. The molecule has 0 saturated carbocycles. The number of nitrogens with zero attached hydrogens (tertiary/aromatic N) is 1. The van der Waals surface area contributed by atoms with Crippen molar-refractivity contribution >= 4 is 18.0 Å². The summed E-state index contributed by atoms with van der Waals surface area (Å²) in [5.74, 6) is -5.33. The molecule has 1 fully saturated rings. The van der Waals surface area contributed by atoms with Crippen LogP contribution in [0.25, 0.3) is 0 Å². The molecule has 1 aromatic carbocycles. The van der Waals surface area contributed by atoms with Crippen LogP contribution >= 0.6 is 0 Å². The van der Waals surface area contributed by atoms with Gasteiger partial charge in [0, 0.05) is 25.9 Å². The number of carbonyl (C=O) groups excluding carboxylic acids is 3. The number of benzene rings is 1. The van der Waals surface area contributed by atoms with Crippen LogP contribution in [0.5, 0.6) is 5.75 Å². The first-order valence-electron chi connectivity index (χ1n) is 10.2. The maximum atomic E-state index is 15.2. The quantitative estimate of drug-likeness (QED) is 0.493. The molecule has 0 aromatic heterocycles. The summed E-state index contributed by atoms with van der Waals surface area (Å²) in [5, 5.41) is 0. The molecule has 0 N–H and O–H groups in total. The minimum absolute atomic E-state index is 0.160. The van der Waals surface area contributed by atoms with Gasteiger partial charge in [0.25, 0.3) is 5.92 Å². The van der Waals surface area contributed by atoms with E-state index in [1.54, 1.807) is 20.8 Å². The van der Waals surface area contributed by atoms with Gasteiger partial charge in [0.05, 0.1) is 37.3 Å². The smallest absolute Gasteiger partial charge is 0.410 e. The van der Waals surface area contributed by atoms with Crippen LogP contribution in [0.3, 0.4) is 0 Å². The van der Waals surface area contributed by atoms with Gasteiger partial charge in [-0.3, -0.25) is 0 Å². The molecule has 0 unspecified atom stereocenters. The zero-order valence-corrected chi connectivity index (χ0v) is 18.8. The molecule has 0 atom stereocenters. The Kier molecular flexibility index (Phi) is 6.10. The molecule has 2 aliphatic rings. The fourth-order valence-corrected chi connectivity index (χ4v) is 3.98. The van der Waals surface area contributed by atoms with Gasteiger partial charge < -0.3 is 23.8 Å². The molecule has 0 aliphatic carbocycles. The van der Waals surface area contributed by atoms with Crippen molar-refractivity contribution in [3.8, 4) is 5.75 Å². The fourth-order valence-electron chi connectivity index (χ4n) is 3.98. The number of alkyl halides is 2. The number of ether oxygens (including phenoxy) is 4. The predicted octanol–water partition coefficient (Wildman–Crippen LogP) is 3.90. The number of rotatable bonds is 2. The van der Waals surface area contributed by atoms with Gasteiger partial charge in [-0.05, 0) is 32.9 Å². The molecule has 2 aliphatic heterocycles. The van der Waals surface area contributed by atoms with Crippen LogP contribution in [0.15, 0.2) is 12.1 Å². The lowest BCUT2D eigenvalue weighted by Crippen LogP contribution is -2.54. The lowest BCUT2D eigenvalue weighted by atomic mass is 9.80. The lowest BCUT2D eigenvalue weighted by molar-refractivity contribution is -0.124. The van der Waals surface area contributed by atoms with Crippen LogP contribution in [0, 0.1) is 0 Å². The molecule has 1 amide bonds. The molecule has 1 saturated heterocycles. The largest absolute Gasteiger partial charge is 0.486 e. The van der Waals surface area contributed by atoms with E-state index in [2.05, 4.69) is 9.47 Å². The van der Waals surface area contributed by atoms with Crippen LogP contribution < -0.4 is 4.74 Å². The first-order chi connectivity index (χ1) is 14.8. The van der Waals surface area contributed by atoms with Gasteiger partial charge in [-0.25, -0.2) is 23.2 Å². The summed E-state index contributed by atoms with van der Waals surface area (Å²) in [5.41, 5.74) is -2.93. The molecule has 0 radical (unpaired) electrons. The highest BCUT2D eigenvalue weighted by Crippen LogP contribution is 2.51. The maximum absolute atomic E-state index is 15.2. The van der Waals surface area contributed by atoms with Crippen molar-refractivity contribution in [2.45, 2.75) is 57.2 Å². The Morgan fingerprint density at radius 1 is 1.00 bits per heavy atom. The van der Waals surface area contributed by atoms with Gasteiger partial charge in [-0.15, -0.1) is 0 Å². The van der Waals surface area contributed by atoms with Crippen molar-refractivity contribution < 1.29 is 42.1 Å². The number of carbonyl (C=O) groups is 3. The lowest BCUT2D eigenvalue weighted by Gasteiger charge is -2.46. The van der Waals surface area contributed by atoms with E-state index in [1.807, 2.05) is 0 Å². The van der Waals surface area contributed by atoms with Gasteiger partial charge in [-0.2, -0.15) is 0 Å². The van der Waals surface area contributed by atoms with E-state index in [4.69, 9.17) is 9.47 Å². The summed E-state index contributed by atoms with van der Waals surface area (Å²) in [6, 6.07) is 2.03. The Labute approximate surface area is 184 Å². The minimum Gasteiger partial charge on any atom is -0.486 e. The number of hydrogen-bond donors (Lipinski definition) is 0. The number of piperidine rings is 1. The van der Waals surface area contributed by atoms with Crippen LogP contribution in [-0.4, -0.2) is 61.4 Å². The molecule has 0 bridgehead atoms. The Hall–Kier alpha value is -2.91. The van der Waals surface area contributed by atoms with Crippen LogP contribution in [0.4, 0.5) is 13.6 Å². The third-order valence-electron chi connectivity index (χ3n) is 5.52. The van der Waals surface area contributed by atoms with Gasteiger partial charge in [-0.1, -0.05) is 0 Å². The second kappa shape index (κ2) is 8.22. The van der Waals surface area contributed by atoms with E-state index in [9.17, 15) is 14.4 Å². The highest BCUT2D eigenvalue weighted by Gasteiger charge is 2.53. The first-order valence-corrected chi connectivity index (χ1v) is 10.2. The summed E-state index contributed by atoms with van der Waals surface area (Å²) in [6.45, 7) is 5.62. The maximum Gasteiger partial charge on any atom is 0.410 e. The van der Waals surface area contributed by atoms with E-state index < -0.39 is 47.1 Å². The van der Waals surface area contributed by atoms with Gasteiger partial charge >= 0.3 is 18.0 Å². The number of halogens is 2. The van der Waals surface area contributed by atoms with E-state index in [0.717, 1.165) is 26.4 Å². The van der Waals surface area contributed by atoms with Crippen molar-refractivity contribution in [3.63, 3.8) is 0 Å². The van der Waals surface area contributed by atoms with Crippen molar-refractivity contribution in [1.29, 1.82) is 0 Å². The molecular weight excluding hydrogens is 428 g/mol. The van der Waals surface area contributed by atoms with Crippen LogP contribution in [0.1, 0.15) is 66.3 Å². The third-order valence-corrected chi connectivity index (χ3v) is 5.52. The molecule has 1 aromatic rings. The van der Waals surface area contributed by atoms with Crippen molar-refractivity contribution in [2.75, 3.05) is 27.3 Å². The Bertz CT molecular complexity index is 931. The van der Waals surface area contributed by atoms with Gasteiger partial charge in [0.1, 0.15) is 17.0 Å². The highest BCUT2D eigenvalue weighted by atomic mass is 19.3. The SMILES string of the molecule is COC(=O)c1cc2c(cc1C(=O)OC)C(F)(F)CC1(CCN(C(=O)OC(C)(C)C)CC1)O2. The van der Waals surface area contributed by atoms with E-state index >= 15 is 8.78 Å². The zero-order chi connectivity index (χ0) is 23.9. The summed E-state index contributed by atoms with van der Waals surface area (Å²) in [6.07, 6.45) is -0.805. The zero-order valence-electron chi connectivity index (χ0n) is 18.8. The standard InChI is InChI=1S/C22H27F2NO7/c1-20(2,3)32-19(28)25-8-6-21(7-9-25)12-22(23,24)15-10-13(17(26)29-4)14(18(27)30-5)11-16(15)31-21/h10-11H,6-9,12H2,1-5H3. The summed E-state index contributed by atoms with van der Waals surface area (Å²) >= 11 is 0. The molecule has 1 spiro atoms. The Balaban J connectivity index is 1.90. The number of likely N-dealkylation sites (tertiary alicyclic amines) is 1. The number of fused-ring (bicyclic) bond motifs is 1. The van der Waals surface area contributed by atoms with Gasteiger partial charge in [0.2, 0.25) is 0 Å². The molecule has 3 rings (SSSR count). The third kappa shape index (κ3) is 4.63. The summed E-state index contributed by atoms with van der Waals surface area (Å²) in [7, 11) is 2.21. The molecule has 2 heterocycles. The monoisotopic (exact) mass is 455 g/mol. The first kappa shape index (κ1) is 23.7. The summed E-state index contributed by atoms with van der Waals surface area (Å²) in [4.78, 5) is 38.0. The Morgan fingerprint density at radius 2 is 1.53 bits per heavy atom. The van der Waals surface area contributed by atoms with Crippen molar-refractivity contribution in [2.24, 2.45) is 0 Å². The normalized spacial score (nSPS) is 18.9. The number of methoxy groups -OCH3 is 2. The minimum atomic E-state index is -3.32. The molecule has 176 valence electrons. The van der Waals surface area contributed by atoms with Crippen LogP contribution in [0.2, 0.25) is 0 Å². The van der Waals surface area contributed by atoms with Gasteiger partial charge in [0.15, 0.2) is 0 Å². The second-order valence-electron chi connectivity index (χ2n) is 9.01. The van der Waals surface area contributed by atoms with E-state index in [0.29, 0.717) is 0 Å². The number of hydrogen-bond acceptors (Lipinski definition) is 7. The Morgan fingerprint density at radius 3 is 2.03 bits per heavy atom. The molecular formula is C22H27F2NO7.